The van der Waals surface area contributed by atoms with Crippen LogP contribution in [0.25, 0.3) is 6.08 Å². The van der Waals surface area contributed by atoms with E-state index in [1.165, 1.54) is 30.3 Å². The van der Waals surface area contributed by atoms with Crippen molar-refractivity contribution in [3.05, 3.63) is 65.2 Å². The molecule has 6 nitrogen and oxygen atoms in total. The maximum Gasteiger partial charge on any atom is 0.335 e. The Kier molecular flexibility index (Phi) is 5.32. The first-order chi connectivity index (χ1) is 11.5. The number of nitrogens with one attached hydrogen (secondary N) is 1. The van der Waals surface area contributed by atoms with E-state index >= 15 is 0 Å². The van der Waals surface area contributed by atoms with Gasteiger partial charge in [0.2, 0.25) is 0 Å². The summed E-state index contributed by atoms with van der Waals surface area (Å²) in [4.78, 5) is 23.0. The highest BCUT2D eigenvalue weighted by Crippen LogP contribution is 2.16. The highest BCUT2D eigenvalue weighted by atomic mass is 16.5. The lowest BCUT2D eigenvalue weighted by Gasteiger charge is -2.05. The van der Waals surface area contributed by atoms with Crippen molar-refractivity contribution in [2.45, 2.75) is 0 Å². The molecule has 120 valence electrons. The maximum atomic E-state index is 12.2. The summed E-state index contributed by atoms with van der Waals surface area (Å²) in [5.74, 6) is -0.934. The maximum absolute atomic E-state index is 12.2. The molecule has 2 aromatic rings. The number of anilines is 1. The van der Waals surface area contributed by atoms with Crippen molar-refractivity contribution in [3.63, 3.8) is 0 Å². The summed E-state index contributed by atoms with van der Waals surface area (Å²) in [6, 6.07) is 14.4. The largest absolute Gasteiger partial charge is 0.497 e. The van der Waals surface area contributed by atoms with Crippen LogP contribution in [0.1, 0.15) is 15.9 Å². The molecular weight excluding hydrogens is 308 g/mol. The van der Waals surface area contributed by atoms with Crippen molar-refractivity contribution < 1.29 is 19.4 Å². The molecule has 0 spiro atoms. The van der Waals surface area contributed by atoms with Gasteiger partial charge in [-0.25, -0.2) is 4.79 Å². The van der Waals surface area contributed by atoms with Gasteiger partial charge in [-0.15, -0.1) is 0 Å². The summed E-state index contributed by atoms with van der Waals surface area (Å²) < 4.78 is 5.03. The van der Waals surface area contributed by atoms with Crippen LogP contribution in [0.4, 0.5) is 5.69 Å². The molecule has 2 rings (SSSR count). The number of hydrogen-bond donors (Lipinski definition) is 2. The van der Waals surface area contributed by atoms with Crippen molar-refractivity contribution >= 4 is 23.6 Å². The third-order valence-electron chi connectivity index (χ3n) is 3.18. The number of benzene rings is 2. The van der Waals surface area contributed by atoms with Crippen LogP contribution in [0.2, 0.25) is 0 Å². The van der Waals surface area contributed by atoms with Gasteiger partial charge in [-0.2, -0.15) is 5.26 Å². The molecule has 0 bridgehead atoms. The number of rotatable bonds is 5. The van der Waals surface area contributed by atoms with Gasteiger partial charge in [0.25, 0.3) is 5.91 Å². The molecule has 0 fully saturated rings. The Morgan fingerprint density at radius 2 is 1.75 bits per heavy atom. The van der Waals surface area contributed by atoms with Gasteiger partial charge in [0.15, 0.2) is 0 Å². The molecule has 0 heterocycles. The molecule has 0 aliphatic rings. The molecule has 0 saturated carbocycles. The lowest BCUT2D eigenvalue weighted by molar-refractivity contribution is -0.112. The third kappa shape index (κ3) is 4.21. The quantitative estimate of drug-likeness (QED) is 0.651. The number of carbonyl (C=O) groups excluding carboxylic acids is 1. The highest BCUT2D eigenvalue weighted by molar-refractivity contribution is 6.09. The molecule has 0 unspecified atom stereocenters. The van der Waals surface area contributed by atoms with E-state index in [0.29, 0.717) is 17.0 Å². The minimum atomic E-state index is -1.04. The summed E-state index contributed by atoms with van der Waals surface area (Å²) in [6.07, 6.45) is 1.39. The zero-order valence-corrected chi connectivity index (χ0v) is 12.8. The average molecular weight is 322 g/mol. The van der Waals surface area contributed by atoms with Gasteiger partial charge in [-0.05, 0) is 48.0 Å². The number of amides is 1. The van der Waals surface area contributed by atoms with Crippen LogP contribution in [0.15, 0.2) is 54.1 Å². The predicted molar refractivity (Wildman–Crippen MR) is 88.6 cm³/mol. The van der Waals surface area contributed by atoms with Crippen molar-refractivity contribution in [1.29, 1.82) is 5.26 Å². The number of nitriles is 1. The zero-order valence-electron chi connectivity index (χ0n) is 12.8. The van der Waals surface area contributed by atoms with Crippen molar-refractivity contribution in [2.24, 2.45) is 0 Å². The summed E-state index contributed by atoms with van der Waals surface area (Å²) >= 11 is 0. The van der Waals surface area contributed by atoms with E-state index in [-0.39, 0.29) is 11.1 Å². The van der Waals surface area contributed by atoms with Gasteiger partial charge < -0.3 is 15.2 Å². The van der Waals surface area contributed by atoms with Crippen molar-refractivity contribution in [3.8, 4) is 11.8 Å². The van der Waals surface area contributed by atoms with Gasteiger partial charge in [-0.3, -0.25) is 4.79 Å². The Morgan fingerprint density at radius 1 is 1.12 bits per heavy atom. The molecule has 0 aliphatic carbocycles. The number of carboxylic acid groups (broad SMARTS) is 1. The van der Waals surface area contributed by atoms with Gasteiger partial charge in [-0.1, -0.05) is 12.1 Å². The summed E-state index contributed by atoms with van der Waals surface area (Å²) in [6.45, 7) is 0. The molecule has 0 atom stereocenters. The monoisotopic (exact) mass is 322 g/mol. The first-order valence-electron chi connectivity index (χ1n) is 6.94. The second-order valence-electron chi connectivity index (χ2n) is 4.78. The first kappa shape index (κ1) is 16.8. The molecular formula is C18H14N2O4. The molecule has 0 aliphatic heterocycles. The zero-order chi connectivity index (χ0) is 17.5. The summed E-state index contributed by atoms with van der Waals surface area (Å²) in [5.41, 5.74) is 1.13. The van der Waals surface area contributed by atoms with E-state index < -0.39 is 11.9 Å². The predicted octanol–water partition coefficient (Wildman–Crippen LogP) is 2.94. The fourth-order valence-corrected chi connectivity index (χ4v) is 1.91. The molecule has 2 aromatic carbocycles. The lowest BCUT2D eigenvalue weighted by Crippen LogP contribution is -2.13. The van der Waals surface area contributed by atoms with E-state index in [4.69, 9.17) is 15.1 Å². The second-order valence-corrected chi connectivity index (χ2v) is 4.78. The van der Waals surface area contributed by atoms with Gasteiger partial charge in [0, 0.05) is 5.69 Å². The van der Waals surface area contributed by atoms with Crippen LogP contribution in [-0.2, 0) is 4.79 Å². The van der Waals surface area contributed by atoms with E-state index in [1.807, 2.05) is 6.07 Å². The molecule has 2 N–H and O–H groups in total. The van der Waals surface area contributed by atoms with Crippen molar-refractivity contribution in [1.82, 2.24) is 0 Å². The number of ether oxygens (including phenoxy) is 1. The minimum absolute atomic E-state index is 0.0890. The summed E-state index contributed by atoms with van der Waals surface area (Å²) in [5, 5.41) is 20.6. The molecule has 24 heavy (non-hydrogen) atoms. The van der Waals surface area contributed by atoms with Crippen LogP contribution in [-0.4, -0.2) is 24.1 Å². The normalized spacial score (nSPS) is 10.6. The van der Waals surface area contributed by atoms with Crippen LogP contribution in [0.5, 0.6) is 5.75 Å². The molecule has 1 amide bonds. The minimum Gasteiger partial charge on any atom is -0.497 e. The van der Waals surface area contributed by atoms with Gasteiger partial charge >= 0.3 is 5.97 Å². The van der Waals surface area contributed by atoms with Crippen LogP contribution >= 0.6 is 0 Å². The number of nitrogens with zero attached hydrogens (tertiary/aromatic N) is 1. The Balaban J connectivity index is 2.15. The fraction of sp³-hybridized carbons (Fsp3) is 0.0556. The Morgan fingerprint density at radius 3 is 2.25 bits per heavy atom. The van der Waals surface area contributed by atoms with Crippen LogP contribution in [0.3, 0.4) is 0 Å². The Hall–Kier alpha value is -3.59. The van der Waals surface area contributed by atoms with E-state index in [2.05, 4.69) is 5.32 Å². The number of methoxy groups -OCH3 is 1. The standard InChI is InChI=1S/C18H14N2O4/c1-24-16-8-6-15(7-9-16)20-17(21)14(11-19)10-12-2-4-13(5-3-12)18(22)23/h2-10H,1H3,(H,20,21)(H,22,23). The Labute approximate surface area is 138 Å². The number of hydrogen-bond acceptors (Lipinski definition) is 4. The van der Waals surface area contributed by atoms with E-state index in [9.17, 15) is 9.59 Å². The fourth-order valence-electron chi connectivity index (χ4n) is 1.91. The highest BCUT2D eigenvalue weighted by Gasteiger charge is 2.10. The second kappa shape index (κ2) is 7.61. The van der Waals surface area contributed by atoms with E-state index in [0.717, 1.165) is 0 Å². The average Bonchev–Trinajstić information content (AvgIpc) is 2.60. The van der Waals surface area contributed by atoms with E-state index in [1.54, 1.807) is 31.4 Å². The first-order valence-corrected chi connectivity index (χ1v) is 6.94. The Bertz CT molecular complexity index is 816. The number of carboxylic acids is 1. The van der Waals surface area contributed by atoms with Crippen LogP contribution in [0, 0.1) is 11.3 Å². The summed E-state index contributed by atoms with van der Waals surface area (Å²) in [7, 11) is 1.54. The molecule has 0 radical (unpaired) electrons. The molecule has 6 heteroatoms. The SMILES string of the molecule is COc1ccc(NC(=O)C(C#N)=Cc2ccc(C(=O)O)cc2)cc1. The third-order valence-corrected chi connectivity index (χ3v) is 3.18. The van der Waals surface area contributed by atoms with Gasteiger partial charge in [0.05, 0.1) is 12.7 Å². The lowest BCUT2D eigenvalue weighted by atomic mass is 10.1. The smallest absolute Gasteiger partial charge is 0.335 e. The topological polar surface area (TPSA) is 99.4 Å². The molecule has 0 aromatic heterocycles. The van der Waals surface area contributed by atoms with Crippen molar-refractivity contribution in [2.75, 3.05) is 12.4 Å². The number of carbonyl (C=O) groups is 2. The van der Waals surface area contributed by atoms with Gasteiger partial charge in [0.1, 0.15) is 17.4 Å². The number of aromatic carboxylic acids is 1. The molecule has 0 saturated heterocycles. The van der Waals surface area contributed by atoms with Crippen LogP contribution < -0.4 is 10.1 Å².